The number of aromatic amines is 1. The van der Waals surface area contributed by atoms with Gasteiger partial charge in [-0.25, -0.2) is 9.37 Å². The van der Waals surface area contributed by atoms with Crippen LogP contribution in [0.3, 0.4) is 0 Å². The van der Waals surface area contributed by atoms with Crippen LogP contribution in [0.2, 0.25) is 0 Å². The minimum Gasteiger partial charge on any atom is -0.345 e. The Bertz CT molecular complexity index is 907. The van der Waals surface area contributed by atoms with E-state index < -0.39 is 23.8 Å². The second kappa shape index (κ2) is 7.56. The fourth-order valence-electron chi connectivity index (χ4n) is 2.34. The maximum Gasteiger partial charge on any atom is 0.423 e. The van der Waals surface area contributed by atoms with Gasteiger partial charge in [0.1, 0.15) is 0 Å². The number of rotatable bonds is 5. The molecule has 1 unspecified atom stereocenters. The predicted octanol–water partition coefficient (Wildman–Crippen LogP) is 3.97. The number of halogens is 4. The Balaban J connectivity index is 1.60. The van der Waals surface area contributed by atoms with E-state index in [1.807, 2.05) is 18.2 Å². The van der Waals surface area contributed by atoms with E-state index in [-0.39, 0.29) is 12.4 Å². The summed E-state index contributed by atoms with van der Waals surface area (Å²) in [6, 6.07) is 13.8. The molecular weight excluding hydrogens is 364 g/mol. The molecule has 2 aromatic carbocycles. The molecule has 0 radical (unpaired) electrons. The molecule has 0 saturated carbocycles. The average Bonchev–Trinajstić information content (AvgIpc) is 3.16. The molecule has 0 spiro atoms. The van der Waals surface area contributed by atoms with Crippen molar-refractivity contribution >= 4 is 5.91 Å². The van der Waals surface area contributed by atoms with Gasteiger partial charge in [0.05, 0.1) is 0 Å². The van der Waals surface area contributed by atoms with Crippen molar-refractivity contribution in [3.05, 3.63) is 71.5 Å². The van der Waals surface area contributed by atoms with Crippen molar-refractivity contribution in [2.75, 3.05) is 0 Å². The molecule has 1 amide bonds. The van der Waals surface area contributed by atoms with Crippen LogP contribution in [-0.4, -0.2) is 27.3 Å². The largest absolute Gasteiger partial charge is 0.423 e. The molecule has 27 heavy (non-hydrogen) atoms. The van der Waals surface area contributed by atoms with Gasteiger partial charge in [0.15, 0.2) is 5.82 Å². The minimum atomic E-state index is -4.95. The van der Waals surface area contributed by atoms with Crippen molar-refractivity contribution in [3.8, 4) is 11.4 Å². The van der Waals surface area contributed by atoms with Gasteiger partial charge in [0.2, 0.25) is 12.0 Å². The van der Waals surface area contributed by atoms with Gasteiger partial charge in [-0.15, -0.1) is 0 Å². The number of carbonyl (C=O) groups excluding carboxylic acids is 1. The van der Waals surface area contributed by atoms with Crippen LogP contribution < -0.4 is 5.32 Å². The topological polar surface area (TPSA) is 70.7 Å². The van der Waals surface area contributed by atoms with Crippen molar-refractivity contribution in [1.29, 1.82) is 0 Å². The van der Waals surface area contributed by atoms with Gasteiger partial charge < -0.3 is 5.32 Å². The molecule has 0 saturated heterocycles. The van der Waals surface area contributed by atoms with Gasteiger partial charge in [-0.1, -0.05) is 54.6 Å². The number of aromatic nitrogens is 3. The highest BCUT2D eigenvalue weighted by atomic mass is 19.4. The molecular formula is C18H14F4N4O. The number of amides is 1. The van der Waals surface area contributed by atoms with Crippen LogP contribution in [0.25, 0.3) is 11.4 Å². The zero-order valence-corrected chi connectivity index (χ0v) is 13.8. The van der Waals surface area contributed by atoms with Gasteiger partial charge >= 0.3 is 6.18 Å². The summed E-state index contributed by atoms with van der Waals surface area (Å²) in [7, 11) is 0. The lowest BCUT2D eigenvalue weighted by Crippen LogP contribution is -2.24. The van der Waals surface area contributed by atoms with Crippen molar-refractivity contribution in [2.45, 2.75) is 18.9 Å². The van der Waals surface area contributed by atoms with Crippen molar-refractivity contribution in [1.82, 2.24) is 20.5 Å². The van der Waals surface area contributed by atoms with Gasteiger partial charge in [0.25, 0.3) is 5.91 Å². The van der Waals surface area contributed by atoms with Crippen LogP contribution in [0.15, 0.2) is 54.6 Å². The van der Waals surface area contributed by atoms with Crippen LogP contribution >= 0.6 is 0 Å². The van der Waals surface area contributed by atoms with E-state index in [4.69, 9.17) is 0 Å². The van der Waals surface area contributed by atoms with E-state index in [0.29, 0.717) is 11.4 Å². The molecule has 0 aliphatic heterocycles. The third-order valence-corrected chi connectivity index (χ3v) is 3.75. The fourth-order valence-corrected chi connectivity index (χ4v) is 2.34. The Hall–Kier alpha value is -3.23. The molecule has 3 rings (SSSR count). The lowest BCUT2D eigenvalue weighted by atomic mass is 10.1. The first-order valence-corrected chi connectivity index (χ1v) is 7.90. The van der Waals surface area contributed by atoms with Crippen molar-refractivity contribution < 1.29 is 22.4 Å². The monoisotopic (exact) mass is 378 g/mol. The fraction of sp³-hybridized carbons (Fsp3) is 0.167. The van der Waals surface area contributed by atoms with E-state index in [9.17, 15) is 22.4 Å². The molecule has 9 heteroatoms. The quantitative estimate of drug-likeness (QED) is 0.660. The van der Waals surface area contributed by atoms with Gasteiger partial charge in [-0.3, -0.25) is 9.89 Å². The van der Waals surface area contributed by atoms with E-state index in [0.717, 1.165) is 17.7 Å². The van der Waals surface area contributed by atoms with Crippen LogP contribution in [0.1, 0.15) is 27.9 Å². The van der Waals surface area contributed by atoms with Gasteiger partial charge in [-0.2, -0.15) is 18.3 Å². The van der Waals surface area contributed by atoms with Crippen LogP contribution in [0, 0.1) is 0 Å². The molecule has 140 valence electrons. The summed E-state index contributed by atoms with van der Waals surface area (Å²) < 4.78 is 50.3. The molecule has 1 heterocycles. The number of hydrogen-bond donors (Lipinski definition) is 2. The van der Waals surface area contributed by atoms with E-state index in [1.165, 1.54) is 12.1 Å². The van der Waals surface area contributed by atoms with E-state index in [2.05, 4.69) is 20.5 Å². The normalized spacial score (nSPS) is 12.6. The first kappa shape index (κ1) is 18.6. The molecule has 3 aromatic rings. The Kier molecular flexibility index (Phi) is 5.20. The second-order valence-corrected chi connectivity index (χ2v) is 5.70. The third kappa shape index (κ3) is 4.49. The summed E-state index contributed by atoms with van der Waals surface area (Å²) in [4.78, 5) is 16.2. The highest BCUT2D eigenvalue weighted by Gasteiger charge is 2.41. The Morgan fingerprint density at radius 2 is 1.74 bits per heavy atom. The van der Waals surface area contributed by atoms with E-state index in [1.54, 1.807) is 12.1 Å². The predicted molar refractivity (Wildman–Crippen MR) is 89.3 cm³/mol. The van der Waals surface area contributed by atoms with Crippen molar-refractivity contribution in [2.24, 2.45) is 0 Å². The Morgan fingerprint density at radius 1 is 1.07 bits per heavy atom. The summed E-state index contributed by atoms with van der Waals surface area (Å²) in [6.07, 6.45) is -7.98. The SMILES string of the molecule is O=C(NCc1ccc(C(F)C(F)(F)F)cc1)c1nc(-c2ccccc2)n[nH]1. The lowest BCUT2D eigenvalue weighted by Gasteiger charge is -2.13. The summed E-state index contributed by atoms with van der Waals surface area (Å²) in [5, 5.41) is 9.07. The number of nitrogens with one attached hydrogen (secondary N) is 2. The number of hydrogen-bond acceptors (Lipinski definition) is 3. The molecule has 1 aromatic heterocycles. The number of benzene rings is 2. The number of nitrogens with zero attached hydrogens (tertiary/aromatic N) is 2. The van der Waals surface area contributed by atoms with Crippen LogP contribution in [0.4, 0.5) is 17.6 Å². The zero-order valence-electron chi connectivity index (χ0n) is 13.8. The second-order valence-electron chi connectivity index (χ2n) is 5.70. The number of H-pyrrole nitrogens is 1. The standard InChI is InChI=1S/C18H14F4N4O/c19-14(18(20,21)22)12-8-6-11(7-9-12)10-23-17(27)16-24-15(25-26-16)13-4-2-1-3-5-13/h1-9,14H,10H2,(H,23,27)(H,24,25,26). The molecule has 0 fully saturated rings. The zero-order chi connectivity index (χ0) is 19.4. The maximum absolute atomic E-state index is 13.2. The lowest BCUT2D eigenvalue weighted by molar-refractivity contribution is -0.182. The van der Waals surface area contributed by atoms with Gasteiger partial charge in [0, 0.05) is 12.1 Å². The number of carbonyl (C=O) groups is 1. The summed E-state index contributed by atoms with van der Waals surface area (Å²) in [5.74, 6) is -0.148. The van der Waals surface area contributed by atoms with Crippen LogP contribution in [0.5, 0.6) is 0 Å². The highest BCUT2D eigenvalue weighted by molar-refractivity contribution is 5.90. The smallest absolute Gasteiger partial charge is 0.345 e. The molecule has 5 nitrogen and oxygen atoms in total. The third-order valence-electron chi connectivity index (χ3n) is 3.75. The Morgan fingerprint density at radius 3 is 2.37 bits per heavy atom. The first-order valence-electron chi connectivity index (χ1n) is 7.90. The molecule has 1 atom stereocenters. The molecule has 0 bridgehead atoms. The molecule has 0 aliphatic rings. The maximum atomic E-state index is 13.2. The van der Waals surface area contributed by atoms with E-state index >= 15 is 0 Å². The summed E-state index contributed by atoms with van der Waals surface area (Å²) in [5.41, 5.74) is 0.776. The van der Waals surface area contributed by atoms with Crippen molar-refractivity contribution in [3.63, 3.8) is 0 Å². The summed E-state index contributed by atoms with van der Waals surface area (Å²) in [6.45, 7) is 0.0451. The van der Waals surface area contributed by atoms with Gasteiger partial charge in [-0.05, 0) is 11.1 Å². The average molecular weight is 378 g/mol. The minimum absolute atomic E-state index is 0.00590. The number of alkyl halides is 4. The Labute approximate surface area is 151 Å². The molecule has 2 N–H and O–H groups in total. The summed E-state index contributed by atoms with van der Waals surface area (Å²) >= 11 is 0. The first-order chi connectivity index (χ1) is 12.8. The highest BCUT2D eigenvalue weighted by Crippen LogP contribution is 2.35. The van der Waals surface area contributed by atoms with Crippen LogP contribution in [-0.2, 0) is 6.54 Å². The molecule has 0 aliphatic carbocycles.